The van der Waals surface area contributed by atoms with Gasteiger partial charge in [-0.25, -0.2) is 29.5 Å². The Bertz CT molecular complexity index is 1870. The number of aryl methyl sites for hydroxylation is 2. The highest BCUT2D eigenvalue weighted by molar-refractivity contribution is 5.94. The molecule has 0 atom stereocenters. The van der Waals surface area contributed by atoms with Crippen LogP contribution in [0.2, 0.25) is 0 Å². The molecular formula is C33H26N4O4. The third-order valence-corrected chi connectivity index (χ3v) is 6.41. The van der Waals surface area contributed by atoms with Gasteiger partial charge in [-0.15, -0.1) is 0 Å². The standard InChI is InChI=1S/C23H18N2O2.C10H8N2O2/c1-16-21(14-20-11-6-12-24-22(20)25-16)23(26)27-15-17-7-5-10-19(13-17)18-8-3-2-4-9-18;1-6-8(10(13)14)5-7-3-2-4-11-9(7)12-6/h2-14H,15H2,1H3;2-5H,1H3,(H,13,14). The topological polar surface area (TPSA) is 115 Å². The zero-order valence-corrected chi connectivity index (χ0v) is 22.5. The van der Waals surface area contributed by atoms with Crippen LogP contribution in [0, 0.1) is 13.8 Å². The van der Waals surface area contributed by atoms with E-state index < -0.39 is 5.97 Å². The SMILES string of the molecule is Cc1nc2ncccc2cc1C(=O)O.Cc1nc2ncccc2cc1C(=O)OCc1cccc(-c2ccccc2)c1. The minimum absolute atomic E-state index is 0.212. The smallest absolute Gasteiger partial charge is 0.340 e. The fraction of sp³-hybridized carbons (Fsp3) is 0.0909. The van der Waals surface area contributed by atoms with Crippen molar-refractivity contribution in [1.82, 2.24) is 19.9 Å². The summed E-state index contributed by atoms with van der Waals surface area (Å²) >= 11 is 0. The molecule has 0 radical (unpaired) electrons. The van der Waals surface area contributed by atoms with Crippen LogP contribution < -0.4 is 0 Å². The van der Waals surface area contributed by atoms with E-state index in [1.807, 2.05) is 54.6 Å². The van der Waals surface area contributed by atoms with Gasteiger partial charge >= 0.3 is 11.9 Å². The summed E-state index contributed by atoms with van der Waals surface area (Å²) in [6.07, 6.45) is 3.32. The number of pyridine rings is 4. The summed E-state index contributed by atoms with van der Waals surface area (Å²) < 4.78 is 5.54. The minimum Gasteiger partial charge on any atom is -0.478 e. The Morgan fingerprint density at radius 1 is 0.683 bits per heavy atom. The first kappa shape index (κ1) is 27.1. The number of hydrogen-bond acceptors (Lipinski definition) is 7. The molecule has 0 bridgehead atoms. The molecule has 202 valence electrons. The molecule has 2 aromatic carbocycles. The number of carbonyl (C=O) groups excluding carboxylic acids is 1. The van der Waals surface area contributed by atoms with E-state index in [0.717, 1.165) is 27.5 Å². The third-order valence-electron chi connectivity index (χ3n) is 6.41. The number of fused-ring (bicyclic) bond motifs is 2. The van der Waals surface area contributed by atoms with E-state index in [2.05, 4.69) is 32.1 Å². The molecule has 1 N–H and O–H groups in total. The number of esters is 1. The van der Waals surface area contributed by atoms with Crippen LogP contribution in [-0.2, 0) is 11.3 Å². The first-order valence-corrected chi connectivity index (χ1v) is 12.9. The average molecular weight is 543 g/mol. The molecule has 4 heterocycles. The molecule has 4 aromatic heterocycles. The lowest BCUT2D eigenvalue weighted by Crippen LogP contribution is -2.08. The van der Waals surface area contributed by atoms with E-state index in [-0.39, 0.29) is 18.1 Å². The van der Waals surface area contributed by atoms with E-state index in [1.54, 1.807) is 50.5 Å². The van der Waals surface area contributed by atoms with Gasteiger partial charge in [0.05, 0.1) is 22.5 Å². The zero-order valence-electron chi connectivity index (χ0n) is 22.5. The molecule has 8 heteroatoms. The maximum absolute atomic E-state index is 12.6. The molecule has 6 rings (SSSR count). The molecule has 0 fully saturated rings. The lowest BCUT2D eigenvalue weighted by atomic mass is 10.0. The lowest BCUT2D eigenvalue weighted by molar-refractivity contribution is 0.0471. The first-order valence-electron chi connectivity index (χ1n) is 12.9. The number of rotatable bonds is 5. The predicted octanol–water partition coefficient (Wildman–Crippen LogP) is 6.60. The number of aromatic carboxylic acids is 1. The van der Waals surface area contributed by atoms with Crippen molar-refractivity contribution in [3.05, 3.63) is 131 Å². The van der Waals surface area contributed by atoms with E-state index in [0.29, 0.717) is 28.2 Å². The van der Waals surface area contributed by atoms with Gasteiger partial charge in [-0.05, 0) is 73.0 Å². The van der Waals surface area contributed by atoms with E-state index in [9.17, 15) is 9.59 Å². The Labute approximate surface area is 236 Å². The largest absolute Gasteiger partial charge is 0.478 e. The van der Waals surface area contributed by atoms with Gasteiger partial charge in [-0.2, -0.15) is 0 Å². The monoisotopic (exact) mass is 542 g/mol. The second kappa shape index (κ2) is 12.1. The average Bonchev–Trinajstić information content (AvgIpc) is 3.00. The Kier molecular flexibility index (Phi) is 8.01. The number of aromatic nitrogens is 4. The van der Waals surface area contributed by atoms with Crippen molar-refractivity contribution in [3.8, 4) is 11.1 Å². The van der Waals surface area contributed by atoms with Crippen molar-refractivity contribution in [1.29, 1.82) is 0 Å². The fourth-order valence-electron chi connectivity index (χ4n) is 4.31. The van der Waals surface area contributed by atoms with Crippen molar-refractivity contribution in [2.24, 2.45) is 0 Å². The number of carboxylic acids is 1. The highest BCUT2D eigenvalue weighted by Crippen LogP contribution is 2.21. The fourth-order valence-corrected chi connectivity index (χ4v) is 4.31. The van der Waals surface area contributed by atoms with Gasteiger partial charge in [0, 0.05) is 23.2 Å². The molecule has 0 aliphatic carbocycles. The molecule has 0 aliphatic rings. The summed E-state index contributed by atoms with van der Waals surface area (Å²) in [5, 5.41) is 10.4. The molecule has 8 nitrogen and oxygen atoms in total. The van der Waals surface area contributed by atoms with Crippen LogP contribution in [0.15, 0.2) is 103 Å². The summed E-state index contributed by atoms with van der Waals surface area (Å²) in [4.78, 5) is 40.1. The molecule has 0 spiro atoms. The van der Waals surface area contributed by atoms with Crippen molar-refractivity contribution >= 4 is 34.0 Å². The van der Waals surface area contributed by atoms with Gasteiger partial charge in [-0.1, -0.05) is 48.5 Å². The highest BCUT2D eigenvalue weighted by atomic mass is 16.5. The van der Waals surface area contributed by atoms with Crippen molar-refractivity contribution < 1.29 is 19.4 Å². The molecule has 0 saturated carbocycles. The van der Waals surface area contributed by atoms with Crippen molar-refractivity contribution in [3.63, 3.8) is 0 Å². The molecule has 0 saturated heterocycles. The number of carbonyl (C=O) groups is 2. The van der Waals surface area contributed by atoms with Gasteiger partial charge in [-0.3, -0.25) is 0 Å². The van der Waals surface area contributed by atoms with Gasteiger partial charge < -0.3 is 9.84 Å². The van der Waals surface area contributed by atoms with Crippen LogP contribution in [0.4, 0.5) is 0 Å². The Morgan fingerprint density at radius 2 is 1.27 bits per heavy atom. The molecule has 0 aliphatic heterocycles. The summed E-state index contributed by atoms with van der Waals surface area (Å²) in [6, 6.07) is 28.8. The van der Waals surface area contributed by atoms with Crippen LogP contribution in [-0.4, -0.2) is 37.0 Å². The Morgan fingerprint density at radius 3 is 1.90 bits per heavy atom. The molecular weight excluding hydrogens is 516 g/mol. The van der Waals surface area contributed by atoms with Gasteiger partial charge in [0.2, 0.25) is 0 Å². The second-order valence-electron chi connectivity index (χ2n) is 9.29. The summed E-state index contributed by atoms with van der Waals surface area (Å²) in [5.41, 5.74) is 6.18. The minimum atomic E-state index is -0.958. The summed E-state index contributed by atoms with van der Waals surface area (Å²) in [7, 11) is 0. The zero-order chi connectivity index (χ0) is 28.8. The van der Waals surface area contributed by atoms with E-state index in [1.165, 1.54) is 0 Å². The van der Waals surface area contributed by atoms with Gasteiger partial charge in [0.15, 0.2) is 11.3 Å². The molecule has 41 heavy (non-hydrogen) atoms. The maximum Gasteiger partial charge on any atom is 0.340 e. The number of hydrogen-bond donors (Lipinski definition) is 1. The van der Waals surface area contributed by atoms with Crippen molar-refractivity contribution in [2.75, 3.05) is 0 Å². The van der Waals surface area contributed by atoms with E-state index in [4.69, 9.17) is 9.84 Å². The molecule has 6 aromatic rings. The quantitative estimate of drug-likeness (QED) is 0.242. The van der Waals surface area contributed by atoms with Crippen LogP contribution in [0.3, 0.4) is 0 Å². The molecule has 0 unspecified atom stereocenters. The lowest BCUT2D eigenvalue weighted by Gasteiger charge is -2.09. The summed E-state index contributed by atoms with van der Waals surface area (Å²) in [5.74, 6) is -1.34. The van der Waals surface area contributed by atoms with Gasteiger partial charge in [0.25, 0.3) is 0 Å². The predicted molar refractivity (Wildman–Crippen MR) is 157 cm³/mol. The van der Waals surface area contributed by atoms with Crippen LogP contribution in [0.1, 0.15) is 37.7 Å². The van der Waals surface area contributed by atoms with Crippen LogP contribution in [0.5, 0.6) is 0 Å². The van der Waals surface area contributed by atoms with Crippen LogP contribution >= 0.6 is 0 Å². The first-order chi connectivity index (χ1) is 19.9. The van der Waals surface area contributed by atoms with Crippen LogP contribution in [0.25, 0.3) is 33.2 Å². The summed E-state index contributed by atoms with van der Waals surface area (Å²) in [6.45, 7) is 3.67. The maximum atomic E-state index is 12.6. The number of nitrogens with zero attached hydrogens (tertiary/aromatic N) is 4. The number of carboxylic acid groups (broad SMARTS) is 1. The van der Waals surface area contributed by atoms with E-state index >= 15 is 0 Å². The van der Waals surface area contributed by atoms with Gasteiger partial charge in [0.1, 0.15) is 6.61 Å². The molecule has 0 amide bonds. The highest BCUT2D eigenvalue weighted by Gasteiger charge is 2.14. The van der Waals surface area contributed by atoms with Crippen molar-refractivity contribution in [2.45, 2.75) is 20.5 Å². The second-order valence-corrected chi connectivity index (χ2v) is 9.29. The Balaban J connectivity index is 0.000000202. The third kappa shape index (κ3) is 6.39. The number of ether oxygens (including phenoxy) is 1. The number of benzene rings is 2. The normalized spacial score (nSPS) is 10.6. The Hall–Kier alpha value is -5.50.